The van der Waals surface area contributed by atoms with Gasteiger partial charge in [0.2, 0.25) is 5.91 Å². The molecule has 2 aliphatic carbocycles. The maximum atomic E-state index is 12.0. The van der Waals surface area contributed by atoms with Crippen LogP contribution in [0.5, 0.6) is 0 Å². The van der Waals surface area contributed by atoms with Gasteiger partial charge >= 0.3 is 0 Å². The van der Waals surface area contributed by atoms with Gasteiger partial charge < -0.3 is 5.32 Å². The minimum Gasteiger partial charge on any atom is -0.353 e. The van der Waals surface area contributed by atoms with Crippen molar-refractivity contribution in [1.29, 1.82) is 0 Å². The van der Waals surface area contributed by atoms with Crippen LogP contribution in [0.1, 0.15) is 30.5 Å². The Hall–Kier alpha value is -2.53. The van der Waals surface area contributed by atoms with Crippen LogP contribution in [0.2, 0.25) is 0 Å². The zero-order valence-electron chi connectivity index (χ0n) is 15.5. The lowest BCUT2D eigenvalue weighted by Crippen LogP contribution is -2.28. The molecule has 1 unspecified atom stereocenters. The highest BCUT2D eigenvalue weighted by atomic mass is 16.1. The van der Waals surface area contributed by atoms with Gasteiger partial charge in [-0.15, -0.1) is 0 Å². The van der Waals surface area contributed by atoms with Gasteiger partial charge in [0.15, 0.2) is 0 Å². The Kier molecular flexibility index (Phi) is 3.86. The van der Waals surface area contributed by atoms with Gasteiger partial charge in [-0.2, -0.15) is 0 Å². The van der Waals surface area contributed by atoms with Gasteiger partial charge in [0, 0.05) is 56.0 Å². The van der Waals surface area contributed by atoms with Crippen molar-refractivity contribution in [3.63, 3.8) is 0 Å². The van der Waals surface area contributed by atoms with Crippen LogP contribution in [0.15, 0.2) is 55.1 Å². The lowest BCUT2D eigenvalue weighted by atomic mass is 10.0. The number of carbonyl (C=O) groups is 1. The average Bonchev–Trinajstić information content (AvgIpc) is 3.41. The van der Waals surface area contributed by atoms with Gasteiger partial charge in [-0.05, 0) is 59.9 Å². The van der Waals surface area contributed by atoms with Crippen LogP contribution in [0, 0.1) is 17.3 Å². The predicted molar refractivity (Wildman–Crippen MR) is 103 cm³/mol. The van der Waals surface area contributed by atoms with E-state index in [1.165, 1.54) is 12.1 Å². The minimum absolute atomic E-state index is 0.0268. The standard InChI is InChI=1S/C22H24N4O/c1-15(17-5-3-10-24-13-17)26-14-18-20-21(26)22(18,20)8-11-25-19(27)7-6-16-4-2-9-23-12-16/h2-7,9-10,12-13,15,18,20-21H,8,11,14H2,1H3,(H,25,27)/b7-6+/t15?,18-,20-,21+,22+/m1/s1. The number of pyridine rings is 2. The fourth-order valence-electron chi connectivity index (χ4n) is 5.32. The number of piperidine rings is 1. The summed E-state index contributed by atoms with van der Waals surface area (Å²) in [5.74, 6) is 1.67. The van der Waals surface area contributed by atoms with Crippen LogP contribution in [-0.4, -0.2) is 39.9 Å². The first kappa shape index (κ1) is 16.6. The van der Waals surface area contributed by atoms with Crippen molar-refractivity contribution in [3.05, 3.63) is 66.3 Å². The van der Waals surface area contributed by atoms with Gasteiger partial charge in [-0.3, -0.25) is 19.7 Å². The van der Waals surface area contributed by atoms with Crippen LogP contribution in [0.4, 0.5) is 0 Å². The third-order valence-electron chi connectivity index (χ3n) is 6.81. The molecule has 4 aliphatic rings. The number of carbonyl (C=O) groups excluding carboxylic acids is 1. The number of hydrogen-bond donors (Lipinski definition) is 1. The predicted octanol–water partition coefficient (Wildman–Crippen LogP) is 2.69. The summed E-state index contributed by atoms with van der Waals surface area (Å²) in [6, 6.07) is 9.13. The van der Waals surface area contributed by atoms with E-state index in [0.717, 1.165) is 30.4 Å². The molecule has 0 aromatic carbocycles. The fraction of sp³-hybridized carbons (Fsp3) is 0.409. The topological polar surface area (TPSA) is 58.1 Å². The molecule has 2 aliphatic heterocycles. The Morgan fingerprint density at radius 1 is 1.33 bits per heavy atom. The number of hydrogen-bond acceptors (Lipinski definition) is 4. The summed E-state index contributed by atoms with van der Waals surface area (Å²) in [5, 5.41) is 3.05. The molecule has 2 aromatic rings. The van der Waals surface area contributed by atoms with E-state index in [-0.39, 0.29) is 5.91 Å². The summed E-state index contributed by atoms with van der Waals surface area (Å²) in [6.07, 6.45) is 11.8. The maximum Gasteiger partial charge on any atom is 0.244 e. The zero-order chi connectivity index (χ0) is 18.4. The van der Waals surface area contributed by atoms with E-state index in [2.05, 4.69) is 33.2 Å². The van der Waals surface area contributed by atoms with Gasteiger partial charge in [-0.25, -0.2) is 0 Å². The van der Waals surface area contributed by atoms with Gasteiger partial charge in [-0.1, -0.05) is 12.1 Å². The molecular formula is C22H24N4O. The normalized spacial score (nSPS) is 31.5. The van der Waals surface area contributed by atoms with E-state index in [1.54, 1.807) is 24.5 Å². The lowest BCUT2D eigenvalue weighted by molar-refractivity contribution is -0.116. The Morgan fingerprint density at radius 2 is 2.15 bits per heavy atom. The Morgan fingerprint density at radius 3 is 2.85 bits per heavy atom. The molecule has 4 heterocycles. The lowest BCUT2D eigenvalue weighted by Gasteiger charge is -2.25. The van der Waals surface area contributed by atoms with Crippen LogP contribution >= 0.6 is 0 Å². The third-order valence-corrected chi connectivity index (χ3v) is 6.81. The molecule has 4 fully saturated rings. The van der Waals surface area contributed by atoms with Crippen molar-refractivity contribution < 1.29 is 4.79 Å². The highest BCUT2D eigenvalue weighted by Gasteiger charge is 2.91. The fourth-order valence-corrected chi connectivity index (χ4v) is 5.32. The largest absolute Gasteiger partial charge is 0.353 e. The highest BCUT2D eigenvalue weighted by molar-refractivity contribution is 5.91. The summed E-state index contributed by atoms with van der Waals surface area (Å²) in [6.45, 7) is 4.24. The summed E-state index contributed by atoms with van der Waals surface area (Å²) in [7, 11) is 0. The molecule has 5 heteroatoms. The van der Waals surface area contributed by atoms with Crippen LogP contribution < -0.4 is 5.32 Å². The molecule has 5 nitrogen and oxygen atoms in total. The number of aromatic nitrogens is 2. The first-order valence-corrected chi connectivity index (χ1v) is 9.73. The van der Waals surface area contributed by atoms with Crippen molar-refractivity contribution in [2.45, 2.75) is 25.4 Å². The molecule has 1 amide bonds. The summed E-state index contributed by atoms with van der Waals surface area (Å²) >= 11 is 0. The molecule has 2 aromatic heterocycles. The average molecular weight is 360 g/mol. The number of amides is 1. The first-order valence-electron chi connectivity index (χ1n) is 9.73. The van der Waals surface area contributed by atoms with Crippen LogP contribution in [-0.2, 0) is 4.79 Å². The summed E-state index contributed by atoms with van der Waals surface area (Å²) in [5.41, 5.74) is 2.72. The molecule has 2 saturated carbocycles. The van der Waals surface area contributed by atoms with Crippen molar-refractivity contribution >= 4 is 12.0 Å². The van der Waals surface area contributed by atoms with E-state index in [9.17, 15) is 4.79 Å². The second kappa shape index (κ2) is 6.27. The third kappa shape index (κ3) is 2.69. The van der Waals surface area contributed by atoms with Crippen molar-refractivity contribution in [2.75, 3.05) is 13.1 Å². The number of nitrogens with one attached hydrogen (secondary N) is 1. The zero-order valence-corrected chi connectivity index (χ0v) is 15.5. The minimum atomic E-state index is -0.0268. The molecule has 27 heavy (non-hydrogen) atoms. The molecule has 5 atom stereocenters. The van der Waals surface area contributed by atoms with E-state index in [4.69, 9.17) is 0 Å². The second-order valence-corrected chi connectivity index (χ2v) is 8.01. The summed E-state index contributed by atoms with van der Waals surface area (Å²) in [4.78, 5) is 23.0. The van der Waals surface area contributed by atoms with Crippen molar-refractivity contribution in [3.8, 4) is 0 Å². The van der Waals surface area contributed by atoms with Crippen LogP contribution in [0.3, 0.4) is 0 Å². The van der Waals surface area contributed by atoms with Crippen molar-refractivity contribution in [1.82, 2.24) is 20.2 Å². The Balaban J connectivity index is 1.12. The number of nitrogens with zero attached hydrogens (tertiary/aromatic N) is 3. The molecule has 2 bridgehead atoms. The number of fused-ring (bicyclic) bond motifs is 1. The first-order chi connectivity index (χ1) is 13.2. The highest BCUT2D eigenvalue weighted by Crippen LogP contribution is 2.87. The van der Waals surface area contributed by atoms with Crippen molar-refractivity contribution in [2.24, 2.45) is 17.3 Å². The smallest absolute Gasteiger partial charge is 0.244 e. The van der Waals surface area contributed by atoms with E-state index in [0.29, 0.717) is 17.5 Å². The molecule has 2 saturated heterocycles. The second-order valence-electron chi connectivity index (χ2n) is 8.01. The molecule has 6 rings (SSSR count). The Bertz CT molecular complexity index is 862. The maximum absolute atomic E-state index is 12.0. The van der Waals surface area contributed by atoms with Gasteiger partial charge in [0.1, 0.15) is 0 Å². The van der Waals surface area contributed by atoms with E-state index < -0.39 is 0 Å². The molecule has 1 N–H and O–H groups in total. The Labute approximate surface area is 159 Å². The van der Waals surface area contributed by atoms with Gasteiger partial charge in [0.25, 0.3) is 0 Å². The van der Waals surface area contributed by atoms with Gasteiger partial charge in [0.05, 0.1) is 0 Å². The molecule has 138 valence electrons. The number of rotatable bonds is 7. The molecule has 0 radical (unpaired) electrons. The van der Waals surface area contributed by atoms with E-state index >= 15 is 0 Å². The SMILES string of the molecule is CC(c1cccnc1)N1C[C@@H]2[C@@H]3[C@H]1[C@]32CCNC(=O)/C=C/c1cccnc1. The molecule has 0 spiro atoms. The molecular weight excluding hydrogens is 336 g/mol. The monoisotopic (exact) mass is 360 g/mol. The quantitative estimate of drug-likeness (QED) is 0.772. The van der Waals surface area contributed by atoms with Crippen LogP contribution in [0.25, 0.3) is 6.08 Å². The van der Waals surface area contributed by atoms with E-state index in [1.807, 2.05) is 30.6 Å². The summed E-state index contributed by atoms with van der Waals surface area (Å²) < 4.78 is 0.